The molecule has 0 radical (unpaired) electrons. The van der Waals surface area contributed by atoms with Crippen molar-refractivity contribution in [2.24, 2.45) is 11.7 Å². The zero-order chi connectivity index (χ0) is 13.0. The van der Waals surface area contributed by atoms with Crippen molar-refractivity contribution >= 4 is 16.6 Å². The first-order valence-corrected chi connectivity index (χ1v) is 6.38. The predicted octanol–water partition coefficient (Wildman–Crippen LogP) is 2.05. The minimum atomic E-state index is 0.587. The van der Waals surface area contributed by atoms with E-state index >= 15 is 0 Å². The normalized spacial score (nSPS) is 11.1. The topological polar surface area (TPSA) is 55.0 Å². The van der Waals surface area contributed by atoms with Crippen molar-refractivity contribution in [3.05, 3.63) is 30.5 Å². The lowest BCUT2D eigenvalue weighted by Gasteiger charge is -2.26. The zero-order valence-corrected chi connectivity index (χ0v) is 11.0. The van der Waals surface area contributed by atoms with E-state index in [-0.39, 0.29) is 0 Å². The van der Waals surface area contributed by atoms with Gasteiger partial charge in [-0.3, -0.25) is 0 Å². The molecule has 96 valence electrons. The average molecular weight is 244 g/mol. The van der Waals surface area contributed by atoms with Crippen molar-refractivity contribution in [1.29, 1.82) is 0 Å². The fourth-order valence-electron chi connectivity index (χ4n) is 2.15. The lowest BCUT2D eigenvalue weighted by Crippen LogP contribution is -2.33. The maximum atomic E-state index is 5.71. The Morgan fingerprint density at radius 3 is 2.78 bits per heavy atom. The average Bonchev–Trinajstić information content (AvgIpc) is 2.37. The number of hydrogen-bond acceptors (Lipinski definition) is 4. The van der Waals surface area contributed by atoms with Gasteiger partial charge in [0.15, 0.2) is 0 Å². The number of fused-ring (bicyclic) bond motifs is 1. The third kappa shape index (κ3) is 2.76. The highest BCUT2D eigenvalue weighted by atomic mass is 15.2. The van der Waals surface area contributed by atoms with Gasteiger partial charge in [-0.05, 0) is 12.0 Å². The van der Waals surface area contributed by atoms with E-state index in [0.717, 1.165) is 29.7 Å². The Bertz CT molecular complexity index is 505. The first-order chi connectivity index (χ1) is 8.72. The molecule has 0 unspecified atom stereocenters. The molecule has 0 atom stereocenters. The van der Waals surface area contributed by atoms with Crippen LogP contribution in [-0.4, -0.2) is 29.8 Å². The SMILES string of the molecule is CC(C)CN(CCN)c1cnnc2ccccc12. The van der Waals surface area contributed by atoms with E-state index < -0.39 is 0 Å². The Balaban J connectivity index is 2.43. The summed E-state index contributed by atoms with van der Waals surface area (Å²) in [4.78, 5) is 2.29. The minimum Gasteiger partial charge on any atom is -0.368 e. The summed E-state index contributed by atoms with van der Waals surface area (Å²) in [5.74, 6) is 0.587. The monoisotopic (exact) mass is 244 g/mol. The van der Waals surface area contributed by atoms with Crippen molar-refractivity contribution in [3.8, 4) is 0 Å². The molecule has 2 N–H and O–H groups in total. The number of rotatable bonds is 5. The van der Waals surface area contributed by atoms with Crippen LogP contribution in [0.5, 0.6) is 0 Å². The summed E-state index contributed by atoms with van der Waals surface area (Å²) in [5.41, 5.74) is 7.76. The van der Waals surface area contributed by atoms with Gasteiger partial charge in [0.05, 0.1) is 17.4 Å². The second kappa shape index (κ2) is 5.78. The van der Waals surface area contributed by atoms with Crippen LogP contribution in [-0.2, 0) is 0 Å². The highest BCUT2D eigenvalue weighted by molar-refractivity contribution is 5.90. The number of nitrogens with two attached hydrogens (primary N) is 1. The molecule has 0 amide bonds. The van der Waals surface area contributed by atoms with Gasteiger partial charge in [-0.2, -0.15) is 10.2 Å². The van der Waals surface area contributed by atoms with Gasteiger partial charge in [0.1, 0.15) is 0 Å². The Morgan fingerprint density at radius 1 is 1.28 bits per heavy atom. The van der Waals surface area contributed by atoms with Crippen molar-refractivity contribution in [1.82, 2.24) is 10.2 Å². The number of anilines is 1. The van der Waals surface area contributed by atoms with E-state index in [1.807, 2.05) is 24.4 Å². The molecular weight excluding hydrogens is 224 g/mol. The molecule has 1 heterocycles. The molecule has 2 rings (SSSR count). The Hall–Kier alpha value is -1.68. The van der Waals surface area contributed by atoms with Crippen LogP contribution in [0.2, 0.25) is 0 Å². The molecule has 0 aliphatic heterocycles. The van der Waals surface area contributed by atoms with Crippen LogP contribution < -0.4 is 10.6 Å². The molecule has 0 bridgehead atoms. The first kappa shape index (κ1) is 12.8. The molecule has 0 spiro atoms. The van der Waals surface area contributed by atoms with E-state index in [1.54, 1.807) is 0 Å². The van der Waals surface area contributed by atoms with E-state index in [4.69, 9.17) is 5.73 Å². The number of hydrogen-bond donors (Lipinski definition) is 1. The molecule has 1 aromatic carbocycles. The first-order valence-electron chi connectivity index (χ1n) is 6.38. The molecule has 2 aromatic rings. The lowest BCUT2D eigenvalue weighted by molar-refractivity contribution is 0.612. The van der Waals surface area contributed by atoms with Gasteiger partial charge < -0.3 is 10.6 Å². The number of aromatic nitrogens is 2. The Morgan fingerprint density at radius 2 is 2.06 bits per heavy atom. The smallest absolute Gasteiger partial charge is 0.0950 e. The predicted molar refractivity (Wildman–Crippen MR) is 75.6 cm³/mol. The molecule has 0 saturated carbocycles. The summed E-state index contributed by atoms with van der Waals surface area (Å²) in [5, 5.41) is 9.39. The van der Waals surface area contributed by atoms with Crippen LogP contribution in [0.3, 0.4) is 0 Å². The summed E-state index contributed by atoms with van der Waals surface area (Å²) in [7, 11) is 0. The maximum absolute atomic E-state index is 5.71. The van der Waals surface area contributed by atoms with Gasteiger partial charge in [-0.1, -0.05) is 32.0 Å². The second-order valence-corrected chi connectivity index (χ2v) is 4.88. The van der Waals surface area contributed by atoms with Crippen LogP contribution in [0.15, 0.2) is 30.5 Å². The molecule has 0 aliphatic rings. The van der Waals surface area contributed by atoms with Gasteiger partial charge in [-0.15, -0.1) is 0 Å². The van der Waals surface area contributed by atoms with Gasteiger partial charge in [0.25, 0.3) is 0 Å². The third-order valence-electron chi connectivity index (χ3n) is 2.85. The highest BCUT2D eigenvalue weighted by Crippen LogP contribution is 2.24. The zero-order valence-electron chi connectivity index (χ0n) is 11.0. The fraction of sp³-hybridized carbons (Fsp3) is 0.429. The van der Waals surface area contributed by atoms with Gasteiger partial charge >= 0.3 is 0 Å². The van der Waals surface area contributed by atoms with Gasteiger partial charge in [0, 0.05) is 25.0 Å². The largest absolute Gasteiger partial charge is 0.368 e. The van der Waals surface area contributed by atoms with Crippen molar-refractivity contribution < 1.29 is 0 Å². The van der Waals surface area contributed by atoms with Crippen molar-refractivity contribution in [3.63, 3.8) is 0 Å². The summed E-state index contributed by atoms with van der Waals surface area (Å²) in [6.07, 6.45) is 1.83. The van der Waals surface area contributed by atoms with Crippen molar-refractivity contribution in [2.75, 3.05) is 24.5 Å². The fourth-order valence-corrected chi connectivity index (χ4v) is 2.15. The van der Waals surface area contributed by atoms with E-state index in [2.05, 4.69) is 35.0 Å². The second-order valence-electron chi connectivity index (χ2n) is 4.88. The van der Waals surface area contributed by atoms with Crippen LogP contribution in [0.25, 0.3) is 10.9 Å². The van der Waals surface area contributed by atoms with Crippen molar-refractivity contribution in [2.45, 2.75) is 13.8 Å². The summed E-state index contributed by atoms with van der Waals surface area (Å²) in [6.45, 7) is 6.88. The van der Waals surface area contributed by atoms with Crippen LogP contribution in [0, 0.1) is 5.92 Å². The highest BCUT2D eigenvalue weighted by Gasteiger charge is 2.11. The number of nitrogens with zero attached hydrogens (tertiary/aromatic N) is 3. The van der Waals surface area contributed by atoms with E-state index in [1.165, 1.54) is 0 Å². The van der Waals surface area contributed by atoms with Crippen LogP contribution in [0.4, 0.5) is 5.69 Å². The quantitative estimate of drug-likeness (QED) is 0.874. The van der Waals surface area contributed by atoms with E-state index in [0.29, 0.717) is 12.5 Å². The van der Waals surface area contributed by atoms with Gasteiger partial charge in [0.2, 0.25) is 0 Å². The Kier molecular flexibility index (Phi) is 4.10. The minimum absolute atomic E-state index is 0.587. The molecular formula is C14H20N4. The molecule has 0 aliphatic carbocycles. The molecule has 0 saturated heterocycles. The van der Waals surface area contributed by atoms with Crippen LogP contribution >= 0.6 is 0 Å². The van der Waals surface area contributed by atoms with Crippen LogP contribution in [0.1, 0.15) is 13.8 Å². The standard InChI is InChI=1S/C14H20N4/c1-11(2)10-18(8-7-15)14-9-16-17-13-6-4-3-5-12(13)14/h3-6,9,11H,7-8,10,15H2,1-2H3. The number of benzene rings is 1. The molecule has 1 aromatic heterocycles. The third-order valence-corrected chi connectivity index (χ3v) is 2.85. The summed E-state index contributed by atoms with van der Waals surface area (Å²) in [6, 6.07) is 8.09. The summed E-state index contributed by atoms with van der Waals surface area (Å²) >= 11 is 0. The molecule has 18 heavy (non-hydrogen) atoms. The maximum Gasteiger partial charge on any atom is 0.0950 e. The Labute approximate surface area is 108 Å². The molecule has 0 fully saturated rings. The molecule has 4 nitrogen and oxygen atoms in total. The van der Waals surface area contributed by atoms with Gasteiger partial charge in [-0.25, -0.2) is 0 Å². The lowest BCUT2D eigenvalue weighted by atomic mass is 10.1. The molecule has 4 heteroatoms. The summed E-state index contributed by atoms with van der Waals surface area (Å²) < 4.78 is 0. The van der Waals surface area contributed by atoms with E-state index in [9.17, 15) is 0 Å².